The number of carbonyl (C=O) groups is 1. The number of anilines is 1. The van der Waals surface area contributed by atoms with E-state index in [1.807, 2.05) is 45.0 Å². The van der Waals surface area contributed by atoms with Crippen LogP contribution in [0.1, 0.15) is 33.6 Å². The van der Waals surface area contributed by atoms with E-state index < -0.39 is 5.60 Å². The van der Waals surface area contributed by atoms with Crippen LogP contribution in [0, 0.1) is 0 Å². The number of hydrogen-bond acceptors (Lipinski definition) is 3. The summed E-state index contributed by atoms with van der Waals surface area (Å²) in [6.45, 7) is 6.25. The van der Waals surface area contributed by atoms with Gasteiger partial charge >= 0.3 is 6.09 Å². The molecule has 0 aliphatic carbocycles. The zero-order chi connectivity index (χ0) is 15.9. The number of alkyl halides is 1. The molecule has 0 aliphatic rings. The van der Waals surface area contributed by atoms with Crippen LogP contribution in [-0.4, -0.2) is 30.7 Å². The van der Waals surface area contributed by atoms with Gasteiger partial charge in [0.1, 0.15) is 11.4 Å². The molecular formula is C16H24BrNO3. The van der Waals surface area contributed by atoms with Crippen molar-refractivity contribution in [1.29, 1.82) is 0 Å². The number of benzene rings is 1. The number of hydrogen-bond donors (Lipinski definition) is 0. The number of unbranched alkanes of at least 4 members (excludes halogenated alkanes) is 1. The number of halogens is 1. The van der Waals surface area contributed by atoms with Gasteiger partial charge in [0.25, 0.3) is 0 Å². The molecule has 0 unspecified atom stereocenters. The molecule has 0 fully saturated rings. The molecule has 0 aromatic heterocycles. The molecule has 1 aromatic rings. The van der Waals surface area contributed by atoms with Crippen LogP contribution in [0.25, 0.3) is 0 Å². The van der Waals surface area contributed by atoms with E-state index in [-0.39, 0.29) is 6.09 Å². The second kappa shape index (κ2) is 8.27. The zero-order valence-electron chi connectivity index (χ0n) is 13.2. The molecule has 0 radical (unpaired) electrons. The summed E-state index contributed by atoms with van der Waals surface area (Å²) in [6, 6.07) is 7.43. The van der Waals surface area contributed by atoms with Gasteiger partial charge in [0.2, 0.25) is 0 Å². The standard InChI is InChI=1S/C16H24BrNO3/c1-16(2,3)21-15(19)18(4)13-7-9-14(10-8-13)20-12-6-5-11-17/h7-10H,5-6,11-12H2,1-4H3. The SMILES string of the molecule is CN(C(=O)OC(C)(C)C)c1ccc(OCCCCBr)cc1. The number of nitrogens with zero attached hydrogens (tertiary/aromatic N) is 1. The number of rotatable bonds is 6. The summed E-state index contributed by atoms with van der Waals surface area (Å²) in [7, 11) is 1.69. The largest absolute Gasteiger partial charge is 0.494 e. The van der Waals surface area contributed by atoms with E-state index in [1.54, 1.807) is 7.05 Å². The first-order valence-corrected chi connectivity index (χ1v) is 8.21. The Morgan fingerprint density at radius 3 is 2.33 bits per heavy atom. The Morgan fingerprint density at radius 1 is 1.19 bits per heavy atom. The van der Waals surface area contributed by atoms with Gasteiger partial charge in [-0.1, -0.05) is 15.9 Å². The first-order chi connectivity index (χ1) is 9.83. The molecule has 0 heterocycles. The van der Waals surface area contributed by atoms with Gasteiger partial charge < -0.3 is 9.47 Å². The van der Waals surface area contributed by atoms with Crippen molar-refractivity contribution in [2.75, 3.05) is 23.9 Å². The molecule has 1 aromatic carbocycles. The highest BCUT2D eigenvalue weighted by Gasteiger charge is 2.20. The van der Waals surface area contributed by atoms with Gasteiger partial charge in [-0.05, 0) is 57.9 Å². The molecule has 0 spiro atoms. The first-order valence-electron chi connectivity index (χ1n) is 7.09. The molecule has 0 bridgehead atoms. The van der Waals surface area contributed by atoms with Gasteiger partial charge in [0.15, 0.2) is 0 Å². The van der Waals surface area contributed by atoms with E-state index in [0.29, 0.717) is 6.61 Å². The van der Waals surface area contributed by atoms with Gasteiger partial charge in [0.05, 0.1) is 6.61 Å². The summed E-state index contributed by atoms with van der Waals surface area (Å²) >= 11 is 3.39. The van der Waals surface area contributed by atoms with Crippen molar-refractivity contribution in [3.8, 4) is 5.75 Å². The summed E-state index contributed by atoms with van der Waals surface area (Å²) < 4.78 is 11.0. The maximum atomic E-state index is 12.0. The fourth-order valence-corrected chi connectivity index (χ4v) is 1.98. The summed E-state index contributed by atoms with van der Waals surface area (Å²) in [4.78, 5) is 13.4. The average Bonchev–Trinajstić information content (AvgIpc) is 2.41. The van der Waals surface area contributed by atoms with Crippen LogP contribution in [0.15, 0.2) is 24.3 Å². The number of amides is 1. The van der Waals surface area contributed by atoms with Crippen LogP contribution in [0.3, 0.4) is 0 Å². The molecule has 0 atom stereocenters. The fraction of sp³-hybridized carbons (Fsp3) is 0.562. The minimum Gasteiger partial charge on any atom is -0.494 e. The monoisotopic (exact) mass is 357 g/mol. The molecule has 0 N–H and O–H groups in total. The number of ether oxygens (including phenoxy) is 2. The molecule has 5 heteroatoms. The third-order valence-electron chi connectivity index (χ3n) is 2.69. The Labute approximate surface area is 135 Å². The minimum absolute atomic E-state index is 0.367. The second-order valence-corrected chi connectivity index (χ2v) is 6.57. The Hall–Kier alpha value is -1.23. The van der Waals surface area contributed by atoms with Crippen LogP contribution < -0.4 is 9.64 Å². The molecular weight excluding hydrogens is 334 g/mol. The average molecular weight is 358 g/mol. The Morgan fingerprint density at radius 2 is 1.81 bits per heavy atom. The molecule has 4 nitrogen and oxygen atoms in total. The highest BCUT2D eigenvalue weighted by molar-refractivity contribution is 9.09. The van der Waals surface area contributed by atoms with E-state index in [4.69, 9.17) is 9.47 Å². The van der Waals surface area contributed by atoms with E-state index in [9.17, 15) is 4.79 Å². The Kier molecular flexibility index (Phi) is 7.02. The van der Waals surface area contributed by atoms with Crippen molar-refractivity contribution in [2.45, 2.75) is 39.2 Å². The van der Waals surface area contributed by atoms with Crippen LogP contribution in [0.4, 0.5) is 10.5 Å². The molecule has 0 saturated heterocycles. The quantitative estimate of drug-likeness (QED) is 0.551. The molecule has 118 valence electrons. The number of carbonyl (C=O) groups excluding carboxylic acids is 1. The predicted octanol–water partition coefficient (Wildman–Crippen LogP) is 4.61. The van der Waals surface area contributed by atoms with Gasteiger partial charge in [0, 0.05) is 18.1 Å². The summed E-state index contributed by atoms with van der Waals surface area (Å²) in [5.74, 6) is 0.811. The van der Waals surface area contributed by atoms with Crippen molar-refractivity contribution in [1.82, 2.24) is 0 Å². The molecule has 1 rings (SSSR count). The fourth-order valence-electron chi connectivity index (χ4n) is 1.59. The lowest BCUT2D eigenvalue weighted by Crippen LogP contribution is -2.34. The van der Waals surface area contributed by atoms with Crippen molar-refractivity contribution in [3.05, 3.63) is 24.3 Å². The van der Waals surface area contributed by atoms with Crippen molar-refractivity contribution in [3.63, 3.8) is 0 Å². The maximum absolute atomic E-state index is 12.0. The highest BCUT2D eigenvalue weighted by atomic mass is 79.9. The third kappa shape index (κ3) is 6.85. The Bertz CT molecular complexity index is 440. The lowest BCUT2D eigenvalue weighted by molar-refractivity contribution is 0.0589. The molecule has 1 amide bonds. The van der Waals surface area contributed by atoms with Crippen LogP contribution in [-0.2, 0) is 4.74 Å². The van der Waals surface area contributed by atoms with E-state index in [2.05, 4.69) is 15.9 Å². The molecule has 0 aliphatic heterocycles. The van der Waals surface area contributed by atoms with Crippen molar-refractivity contribution >= 4 is 27.7 Å². The summed E-state index contributed by atoms with van der Waals surface area (Å²) in [5, 5.41) is 0.996. The van der Waals surface area contributed by atoms with E-state index in [1.165, 1.54) is 4.90 Å². The van der Waals surface area contributed by atoms with Crippen molar-refractivity contribution < 1.29 is 14.3 Å². The first kappa shape index (κ1) is 17.8. The van der Waals surface area contributed by atoms with Gasteiger partial charge in [-0.2, -0.15) is 0 Å². The van der Waals surface area contributed by atoms with Crippen molar-refractivity contribution in [2.24, 2.45) is 0 Å². The summed E-state index contributed by atoms with van der Waals surface area (Å²) in [6.07, 6.45) is 1.75. The normalized spacial score (nSPS) is 11.1. The molecule has 21 heavy (non-hydrogen) atoms. The highest BCUT2D eigenvalue weighted by Crippen LogP contribution is 2.20. The smallest absolute Gasteiger partial charge is 0.414 e. The lowest BCUT2D eigenvalue weighted by atomic mass is 10.2. The minimum atomic E-state index is -0.496. The van der Waals surface area contributed by atoms with Crippen LogP contribution >= 0.6 is 15.9 Å². The molecule has 0 saturated carbocycles. The zero-order valence-corrected chi connectivity index (χ0v) is 14.8. The third-order valence-corrected chi connectivity index (χ3v) is 3.25. The van der Waals surface area contributed by atoms with Gasteiger partial charge in [-0.15, -0.1) is 0 Å². The van der Waals surface area contributed by atoms with Crippen LogP contribution in [0.5, 0.6) is 5.75 Å². The van der Waals surface area contributed by atoms with Crippen LogP contribution in [0.2, 0.25) is 0 Å². The Balaban J connectivity index is 2.54. The lowest BCUT2D eigenvalue weighted by Gasteiger charge is -2.24. The predicted molar refractivity (Wildman–Crippen MR) is 89.6 cm³/mol. The maximum Gasteiger partial charge on any atom is 0.414 e. The second-order valence-electron chi connectivity index (χ2n) is 5.78. The topological polar surface area (TPSA) is 38.8 Å². The van der Waals surface area contributed by atoms with E-state index >= 15 is 0 Å². The van der Waals surface area contributed by atoms with Gasteiger partial charge in [-0.25, -0.2) is 4.79 Å². The summed E-state index contributed by atoms with van der Waals surface area (Å²) in [5.41, 5.74) is 0.279. The van der Waals surface area contributed by atoms with Gasteiger partial charge in [-0.3, -0.25) is 4.90 Å². The van der Waals surface area contributed by atoms with E-state index in [0.717, 1.165) is 29.6 Å².